The molecule has 2 aromatic rings. The number of hydrogen-bond acceptors (Lipinski definition) is 6. The summed E-state index contributed by atoms with van der Waals surface area (Å²) in [5.41, 5.74) is 1.05. The topological polar surface area (TPSA) is 77.0 Å². The third-order valence-corrected chi connectivity index (χ3v) is 3.69. The summed E-state index contributed by atoms with van der Waals surface area (Å²) in [7, 11) is 2.76. The molecule has 6 nitrogen and oxygen atoms in total. The molecule has 0 aliphatic carbocycles. The van der Waals surface area contributed by atoms with E-state index in [1.807, 2.05) is 0 Å². The number of aliphatic hydroxyl groups excluding tert-OH is 1. The Bertz CT molecular complexity index is 841. The molecule has 0 aromatic heterocycles. The van der Waals surface area contributed by atoms with E-state index in [9.17, 15) is 18.7 Å². The molecule has 0 amide bonds. The number of ether oxygens (including phenoxy) is 3. The van der Waals surface area contributed by atoms with E-state index >= 15 is 0 Å². The zero-order valence-corrected chi connectivity index (χ0v) is 15.4. The quantitative estimate of drug-likeness (QED) is 0.504. The SMILES string of the molecule is COC(=O)/C=C/c1ccc(OCC(O)CNc2ccc(F)c(F)c2)c(OC)c1. The Morgan fingerprint density at radius 1 is 1.14 bits per heavy atom. The van der Waals surface area contributed by atoms with Gasteiger partial charge in [0.15, 0.2) is 23.1 Å². The first-order valence-electron chi connectivity index (χ1n) is 8.36. The van der Waals surface area contributed by atoms with E-state index in [2.05, 4.69) is 10.1 Å². The molecule has 28 heavy (non-hydrogen) atoms. The molecular weight excluding hydrogens is 372 g/mol. The summed E-state index contributed by atoms with van der Waals surface area (Å²) >= 11 is 0. The molecule has 2 rings (SSSR count). The summed E-state index contributed by atoms with van der Waals surface area (Å²) in [5.74, 6) is -1.55. The molecule has 1 atom stereocenters. The molecule has 0 spiro atoms. The monoisotopic (exact) mass is 393 g/mol. The van der Waals surface area contributed by atoms with Crippen LogP contribution in [0, 0.1) is 11.6 Å². The second-order valence-corrected chi connectivity index (χ2v) is 5.74. The first-order chi connectivity index (χ1) is 13.4. The van der Waals surface area contributed by atoms with Crippen LogP contribution in [0.25, 0.3) is 6.08 Å². The van der Waals surface area contributed by atoms with Crippen LogP contribution < -0.4 is 14.8 Å². The molecule has 0 saturated carbocycles. The van der Waals surface area contributed by atoms with E-state index in [1.54, 1.807) is 24.3 Å². The van der Waals surface area contributed by atoms with Crippen LogP contribution in [0.15, 0.2) is 42.5 Å². The van der Waals surface area contributed by atoms with Crippen molar-refractivity contribution in [3.8, 4) is 11.5 Å². The minimum absolute atomic E-state index is 0.0512. The van der Waals surface area contributed by atoms with Crippen molar-refractivity contribution in [2.45, 2.75) is 6.10 Å². The highest BCUT2D eigenvalue weighted by Crippen LogP contribution is 2.28. The molecule has 150 valence electrons. The average Bonchev–Trinajstić information content (AvgIpc) is 2.71. The first-order valence-corrected chi connectivity index (χ1v) is 8.36. The number of nitrogens with one attached hydrogen (secondary N) is 1. The Hall–Kier alpha value is -3.13. The molecule has 0 saturated heterocycles. The maximum Gasteiger partial charge on any atom is 0.330 e. The highest BCUT2D eigenvalue weighted by Gasteiger charge is 2.10. The zero-order valence-electron chi connectivity index (χ0n) is 15.4. The number of aliphatic hydroxyl groups is 1. The zero-order chi connectivity index (χ0) is 20.5. The van der Waals surface area contributed by atoms with Gasteiger partial charge in [-0.1, -0.05) is 6.07 Å². The van der Waals surface area contributed by atoms with Gasteiger partial charge in [-0.25, -0.2) is 13.6 Å². The molecule has 0 bridgehead atoms. The van der Waals surface area contributed by atoms with Gasteiger partial charge in [-0.05, 0) is 35.9 Å². The lowest BCUT2D eigenvalue weighted by atomic mass is 10.2. The number of methoxy groups -OCH3 is 2. The van der Waals surface area contributed by atoms with Gasteiger partial charge >= 0.3 is 5.97 Å². The number of halogens is 2. The smallest absolute Gasteiger partial charge is 0.330 e. The van der Waals surface area contributed by atoms with Crippen molar-refractivity contribution in [2.75, 3.05) is 32.7 Å². The Balaban J connectivity index is 1.90. The number of rotatable bonds is 9. The van der Waals surface area contributed by atoms with Gasteiger partial charge < -0.3 is 24.6 Å². The van der Waals surface area contributed by atoms with Crippen LogP contribution in [-0.2, 0) is 9.53 Å². The van der Waals surface area contributed by atoms with Crippen molar-refractivity contribution < 1.29 is 32.9 Å². The Kier molecular flexibility index (Phi) is 7.76. The summed E-state index contributed by atoms with van der Waals surface area (Å²) in [4.78, 5) is 11.1. The van der Waals surface area contributed by atoms with Gasteiger partial charge in [-0.15, -0.1) is 0 Å². The van der Waals surface area contributed by atoms with E-state index in [0.29, 0.717) is 22.7 Å². The lowest BCUT2D eigenvalue weighted by molar-refractivity contribution is -0.134. The van der Waals surface area contributed by atoms with Crippen molar-refractivity contribution in [1.29, 1.82) is 0 Å². The number of benzene rings is 2. The lowest BCUT2D eigenvalue weighted by Crippen LogP contribution is -2.26. The number of anilines is 1. The van der Waals surface area contributed by atoms with E-state index < -0.39 is 23.7 Å². The van der Waals surface area contributed by atoms with Crippen LogP contribution in [0.3, 0.4) is 0 Å². The summed E-state index contributed by atoms with van der Waals surface area (Å²) in [6, 6.07) is 8.40. The van der Waals surface area contributed by atoms with E-state index in [1.165, 1.54) is 26.4 Å². The molecule has 0 fully saturated rings. The minimum atomic E-state index is -0.971. The van der Waals surface area contributed by atoms with Gasteiger partial charge in [-0.3, -0.25) is 0 Å². The van der Waals surface area contributed by atoms with Crippen molar-refractivity contribution in [3.63, 3.8) is 0 Å². The highest BCUT2D eigenvalue weighted by atomic mass is 19.2. The summed E-state index contributed by atoms with van der Waals surface area (Å²) in [6.07, 6.45) is 1.94. The van der Waals surface area contributed by atoms with Crippen LogP contribution in [0.1, 0.15) is 5.56 Å². The number of carbonyl (C=O) groups excluding carboxylic acids is 1. The second-order valence-electron chi connectivity index (χ2n) is 5.74. The Morgan fingerprint density at radius 3 is 2.61 bits per heavy atom. The predicted octanol–water partition coefficient (Wildman–Crippen LogP) is 3.01. The summed E-state index contributed by atoms with van der Waals surface area (Å²) < 4.78 is 41.4. The normalized spacial score (nSPS) is 11.9. The van der Waals surface area contributed by atoms with E-state index in [-0.39, 0.29) is 13.2 Å². The molecule has 0 aliphatic rings. The predicted molar refractivity (Wildman–Crippen MR) is 100 cm³/mol. The fourth-order valence-corrected chi connectivity index (χ4v) is 2.23. The molecule has 0 heterocycles. The minimum Gasteiger partial charge on any atom is -0.493 e. The molecule has 8 heteroatoms. The van der Waals surface area contributed by atoms with Crippen LogP contribution >= 0.6 is 0 Å². The maximum absolute atomic E-state index is 13.2. The van der Waals surface area contributed by atoms with Crippen molar-refractivity contribution in [2.24, 2.45) is 0 Å². The van der Waals surface area contributed by atoms with Gasteiger partial charge in [0.2, 0.25) is 0 Å². The van der Waals surface area contributed by atoms with Crippen molar-refractivity contribution in [3.05, 3.63) is 59.7 Å². The molecule has 0 aliphatic heterocycles. The lowest BCUT2D eigenvalue weighted by Gasteiger charge is -2.16. The Labute approximate surface area is 161 Å². The average molecular weight is 393 g/mol. The Morgan fingerprint density at radius 2 is 1.93 bits per heavy atom. The largest absolute Gasteiger partial charge is 0.493 e. The van der Waals surface area contributed by atoms with Crippen LogP contribution in [0.2, 0.25) is 0 Å². The highest BCUT2D eigenvalue weighted by molar-refractivity contribution is 5.87. The fraction of sp³-hybridized carbons (Fsp3) is 0.250. The van der Waals surface area contributed by atoms with Crippen LogP contribution in [0.4, 0.5) is 14.5 Å². The molecule has 2 N–H and O–H groups in total. The molecule has 2 aromatic carbocycles. The van der Waals surface area contributed by atoms with Gasteiger partial charge in [0.05, 0.1) is 14.2 Å². The fourth-order valence-electron chi connectivity index (χ4n) is 2.23. The molecule has 0 radical (unpaired) electrons. The van der Waals surface area contributed by atoms with Crippen LogP contribution in [-0.4, -0.2) is 44.6 Å². The van der Waals surface area contributed by atoms with Gasteiger partial charge in [0.1, 0.15) is 12.7 Å². The van der Waals surface area contributed by atoms with Gasteiger partial charge in [0, 0.05) is 24.4 Å². The second kappa shape index (κ2) is 10.3. The van der Waals surface area contributed by atoms with Gasteiger partial charge in [0.25, 0.3) is 0 Å². The first kappa shape index (κ1) is 21.2. The third-order valence-electron chi connectivity index (χ3n) is 3.69. The van der Waals surface area contributed by atoms with Crippen molar-refractivity contribution in [1.82, 2.24) is 0 Å². The van der Waals surface area contributed by atoms with Gasteiger partial charge in [-0.2, -0.15) is 0 Å². The number of carbonyl (C=O) groups is 1. The summed E-state index contributed by atoms with van der Waals surface area (Å²) in [5, 5.41) is 12.8. The number of hydrogen-bond donors (Lipinski definition) is 2. The number of esters is 1. The van der Waals surface area contributed by atoms with E-state index in [4.69, 9.17) is 9.47 Å². The summed E-state index contributed by atoms with van der Waals surface area (Å²) in [6.45, 7) is 0.0255. The molecule has 1 unspecified atom stereocenters. The third kappa shape index (κ3) is 6.24. The maximum atomic E-state index is 13.2. The van der Waals surface area contributed by atoms with E-state index in [0.717, 1.165) is 12.1 Å². The van der Waals surface area contributed by atoms with Crippen molar-refractivity contribution >= 4 is 17.7 Å². The standard InChI is InChI=1S/C20H21F2NO5/c1-26-19-9-13(4-8-20(25)27-2)3-7-18(19)28-12-15(24)11-23-14-5-6-16(21)17(22)10-14/h3-10,15,23-24H,11-12H2,1-2H3/b8-4+. The van der Waals surface area contributed by atoms with Crippen LogP contribution in [0.5, 0.6) is 11.5 Å². The molecular formula is C20H21F2NO5.